The van der Waals surface area contributed by atoms with Gasteiger partial charge in [-0.25, -0.2) is 0 Å². The zero-order valence-electron chi connectivity index (χ0n) is 11.4. The monoisotopic (exact) mass is 264 g/mol. The summed E-state index contributed by atoms with van der Waals surface area (Å²) in [6, 6.07) is 6.41. The van der Waals surface area contributed by atoms with Crippen molar-refractivity contribution in [2.75, 3.05) is 19.6 Å². The third kappa shape index (κ3) is 3.92. The number of nitro benzene ring substituents is 1. The van der Waals surface area contributed by atoms with Crippen LogP contribution in [0.5, 0.6) is 5.75 Å². The van der Waals surface area contributed by atoms with Crippen LogP contribution < -0.4 is 4.74 Å². The molecule has 5 heteroatoms. The first-order valence-electron chi connectivity index (χ1n) is 6.68. The number of likely N-dealkylation sites (tertiary alicyclic amines) is 1. The van der Waals surface area contributed by atoms with E-state index in [4.69, 9.17) is 4.74 Å². The molecule has 1 aliphatic rings. The van der Waals surface area contributed by atoms with Crippen LogP contribution in [0.4, 0.5) is 5.69 Å². The zero-order valence-corrected chi connectivity index (χ0v) is 11.4. The van der Waals surface area contributed by atoms with Crippen LogP contribution in [-0.2, 0) is 0 Å². The van der Waals surface area contributed by atoms with Gasteiger partial charge in [-0.15, -0.1) is 0 Å². The predicted molar refractivity (Wildman–Crippen MR) is 73.4 cm³/mol. The molecule has 0 aromatic heterocycles. The van der Waals surface area contributed by atoms with Crippen LogP contribution in [0.15, 0.2) is 24.3 Å². The highest BCUT2D eigenvalue weighted by molar-refractivity contribution is 5.38. The van der Waals surface area contributed by atoms with Crippen LogP contribution in [0.1, 0.15) is 20.3 Å². The zero-order chi connectivity index (χ0) is 13.8. The summed E-state index contributed by atoms with van der Waals surface area (Å²) >= 11 is 0. The van der Waals surface area contributed by atoms with E-state index in [1.807, 2.05) is 0 Å². The van der Waals surface area contributed by atoms with Crippen molar-refractivity contribution in [1.82, 2.24) is 4.90 Å². The highest BCUT2D eigenvalue weighted by atomic mass is 16.6. The number of non-ortho nitro benzene ring substituents is 1. The molecule has 1 aromatic carbocycles. The Morgan fingerprint density at radius 1 is 1.53 bits per heavy atom. The second-order valence-corrected chi connectivity index (χ2v) is 5.44. The van der Waals surface area contributed by atoms with Crippen molar-refractivity contribution >= 4 is 5.69 Å². The van der Waals surface area contributed by atoms with E-state index >= 15 is 0 Å². The molecule has 1 aromatic rings. The molecule has 104 valence electrons. The SMILES string of the molecule is CC(C)CN1CCC(Oc2cccc([N+](=O)[O-])c2)C1. The molecule has 1 unspecified atom stereocenters. The quantitative estimate of drug-likeness (QED) is 0.606. The van der Waals surface area contributed by atoms with Gasteiger partial charge in [0.2, 0.25) is 0 Å². The van der Waals surface area contributed by atoms with Crippen LogP contribution in [0.2, 0.25) is 0 Å². The van der Waals surface area contributed by atoms with Gasteiger partial charge in [-0.3, -0.25) is 15.0 Å². The Labute approximate surface area is 113 Å². The third-order valence-corrected chi connectivity index (χ3v) is 3.18. The van der Waals surface area contributed by atoms with Crippen LogP contribution in [0.3, 0.4) is 0 Å². The van der Waals surface area contributed by atoms with Gasteiger partial charge in [-0.05, 0) is 18.4 Å². The normalized spacial score (nSPS) is 19.8. The van der Waals surface area contributed by atoms with Crippen LogP contribution in [-0.4, -0.2) is 35.6 Å². The number of rotatable bonds is 5. The smallest absolute Gasteiger partial charge is 0.273 e. The van der Waals surface area contributed by atoms with Crippen LogP contribution in [0, 0.1) is 16.0 Å². The van der Waals surface area contributed by atoms with E-state index in [2.05, 4.69) is 18.7 Å². The minimum Gasteiger partial charge on any atom is -0.489 e. The average molecular weight is 264 g/mol. The maximum Gasteiger partial charge on any atom is 0.273 e. The molecule has 0 spiro atoms. The highest BCUT2D eigenvalue weighted by Crippen LogP contribution is 2.23. The molecule has 1 aliphatic heterocycles. The van der Waals surface area contributed by atoms with Crippen molar-refractivity contribution in [3.05, 3.63) is 34.4 Å². The van der Waals surface area contributed by atoms with E-state index in [1.165, 1.54) is 12.1 Å². The minimum atomic E-state index is -0.396. The van der Waals surface area contributed by atoms with Crippen molar-refractivity contribution in [1.29, 1.82) is 0 Å². The first-order valence-corrected chi connectivity index (χ1v) is 6.68. The lowest BCUT2D eigenvalue weighted by Gasteiger charge is -2.18. The molecule has 1 atom stereocenters. The molecule has 0 radical (unpaired) electrons. The summed E-state index contributed by atoms with van der Waals surface area (Å²) in [7, 11) is 0. The van der Waals surface area contributed by atoms with Crippen molar-refractivity contribution in [2.24, 2.45) is 5.92 Å². The largest absolute Gasteiger partial charge is 0.489 e. The fraction of sp³-hybridized carbons (Fsp3) is 0.571. The van der Waals surface area contributed by atoms with Crippen molar-refractivity contribution in [3.8, 4) is 5.75 Å². The third-order valence-electron chi connectivity index (χ3n) is 3.18. The van der Waals surface area contributed by atoms with Gasteiger partial charge in [0.1, 0.15) is 11.9 Å². The van der Waals surface area contributed by atoms with Crippen LogP contribution in [0.25, 0.3) is 0 Å². The van der Waals surface area contributed by atoms with E-state index in [-0.39, 0.29) is 11.8 Å². The Morgan fingerprint density at radius 2 is 2.32 bits per heavy atom. The molecule has 1 fully saturated rings. The molecule has 0 aliphatic carbocycles. The second-order valence-electron chi connectivity index (χ2n) is 5.44. The van der Waals surface area contributed by atoms with Crippen LogP contribution >= 0.6 is 0 Å². The first kappa shape index (κ1) is 13.8. The fourth-order valence-corrected chi connectivity index (χ4v) is 2.44. The Hall–Kier alpha value is -1.62. The van der Waals surface area contributed by atoms with E-state index < -0.39 is 4.92 Å². The molecule has 0 amide bonds. The molecule has 0 N–H and O–H groups in total. The number of hydrogen-bond donors (Lipinski definition) is 0. The summed E-state index contributed by atoms with van der Waals surface area (Å²) < 4.78 is 5.83. The molecule has 1 heterocycles. The maximum absolute atomic E-state index is 10.7. The summed E-state index contributed by atoms with van der Waals surface area (Å²) in [6.45, 7) is 7.43. The number of benzene rings is 1. The summed E-state index contributed by atoms with van der Waals surface area (Å²) in [5, 5.41) is 10.7. The number of hydrogen-bond acceptors (Lipinski definition) is 4. The molecule has 19 heavy (non-hydrogen) atoms. The molecule has 2 rings (SSSR count). The van der Waals surface area contributed by atoms with Crippen molar-refractivity contribution in [2.45, 2.75) is 26.4 Å². The fourth-order valence-electron chi connectivity index (χ4n) is 2.44. The number of ether oxygens (including phenoxy) is 1. The summed E-state index contributed by atoms with van der Waals surface area (Å²) in [5.41, 5.74) is 0.0783. The Bertz CT molecular complexity index is 448. The highest BCUT2D eigenvalue weighted by Gasteiger charge is 2.24. The lowest BCUT2D eigenvalue weighted by molar-refractivity contribution is -0.384. The second kappa shape index (κ2) is 6.02. The lowest BCUT2D eigenvalue weighted by Crippen LogP contribution is -2.28. The maximum atomic E-state index is 10.7. The standard InChI is InChI=1S/C14H20N2O3/c1-11(2)9-15-7-6-14(10-15)19-13-5-3-4-12(8-13)16(17)18/h3-5,8,11,14H,6-7,9-10H2,1-2H3. The van der Waals surface area contributed by atoms with Gasteiger partial charge in [0.15, 0.2) is 0 Å². The van der Waals surface area contributed by atoms with Gasteiger partial charge in [-0.1, -0.05) is 19.9 Å². The Morgan fingerprint density at radius 3 is 3.00 bits per heavy atom. The number of nitrogens with zero attached hydrogens (tertiary/aromatic N) is 2. The minimum absolute atomic E-state index is 0.0783. The lowest BCUT2D eigenvalue weighted by atomic mass is 10.2. The topological polar surface area (TPSA) is 55.6 Å². The predicted octanol–water partition coefficient (Wildman–Crippen LogP) is 2.70. The Balaban J connectivity index is 1.92. The molecule has 0 bridgehead atoms. The first-order chi connectivity index (χ1) is 9.04. The Kier molecular flexibility index (Phi) is 4.37. The van der Waals surface area contributed by atoms with Gasteiger partial charge in [-0.2, -0.15) is 0 Å². The van der Waals surface area contributed by atoms with E-state index in [0.29, 0.717) is 11.7 Å². The van der Waals surface area contributed by atoms with Gasteiger partial charge in [0.25, 0.3) is 5.69 Å². The van der Waals surface area contributed by atoms with Crippen molar-refractivity contribution in [3.63, 3.8) is 0 Å². The van der Waals surface area contributed by atoms with E-state index in [1.54, 1.807) is 12.1 Å². The van der Waals surface area contributed by atoms with E-state index in [0.717, 1.165) is 26.1 Å². The van der Waals surface area contributed by atoms with Crippen molar-refractivity contribution < 1.29 is 9.66 Å². The van der Waals surface area contributed by atoms with Gasteiger partial charge >= 0.3 is 0 Å². The molecular weight excluding hydrogens is 244 g/mol. The molecular formula is C14H20N2O3. The van der Waals surface area contributed by atoms with Gasteiger partial charge in [0.05, 0.1) is 11.0 Å². The van der Waals surface area contributed by atoms with Gasteiger partial charge < -0.3 is 4.74 Å². The average Bonchev–Trinajstić information content (AvgIpc) is 2.76. The van der Waals surface area contributed by atoms with Gasteiger partial charge in [0, 0.05) is 25.7 Å². The summed E-state index contributed by atoms with van der Waals surface area (Å²) in [5.74, 6) is 1.24. The molecule has 5 nitrogen and oxygen atoms in total. The number of nitro groups is 1. The molecule has 0 saturated carbocycles. The summed E-state index contributed by atoms with van der Waals surface area (Å²) in [4.78, 5) is 12.7. The van der Waals surface area contributed by atoms with E-state index in [9.17, 15) is 10.1 Å². The summed E-state index contributed by atoms with van der Waals surface area (Å²) in [6.07, 6.45) is 1.12. The molecule has 1 saturated heterocycles.